The second-order valence-electron chi connectivity index (χ2n) is 5.23. The fourth-order valence-electron chi connectivity index (χ4n) is 2.12. The first kappa shape index (κ1) is 18.4. The molecule has 0 saturated heterocycles. The Balaban J connectivity index is 1.97. The van der Waals surface area contributed by atoms with Crippen LogP contribution in [0.15, 0.2) is 42.6 Å². The molecule has 0 spiro atoms. The molecule has 0 saturated carbocycles. The van der Waals surface area contributed by atoms with Gasteiger partial charge in [-0.3, -0.25) is 9.78 Å². The van der Waals surface area contributed by atoms with Crippen molar-refractivity contribution in [2.75, 3.05) is 38.0 Å². The van der Waals surface area contributed by atoms with Gasteiger partial charge in [0.05, 0.1) is 12.7 Å². The zero-order chi connectivity index (χ0) is 18.1. The van der Waals surface area contributed by atoms with E-state index in [-0.39, 0.29) is 5.91 Å². The maximum atomic E-state index is 12.3. The minimum Gasteiger partial charge on any atom is -0.465 e. The lowest BCUT2D eigenvalue weighted by molar-refractivity contribution is 0.0600. The summed E-state index contributed by atoms with van der Waals surface area (Å²) in [7, 11) is 2.98. The van der Waals surface area contributed by atoms with Crippen LogP contribution in [0.2, 0.25) is 0 Å². The third-order valence-electron chi connectivity index (χ3n) is 3.41. The third-order valence-corrected chi connectivity index (χ3v) is 3.41. The molecule has 0 unspecified atom stereocenters. The summed E-state index contributed by atoms with van der Waals surface area (Å²) in [5.74, 6) is -0.752. The number of carbonyl (C=O) groups is 2. The number of rotatable bonds is 8. The predicted molar refractivity (Wildman–Crippen MR) is 95.0 cm³/mol. The minimum absolute atomic E-state index is 0.300. The van der Waals surface area contributed by atoms with Gasteiger partial charge in [0.2, 0.25) is 0 Å². The van der Waals surface area contributed by atoms with E-state index in [0.29, 0.717) is 23.6 Å². The number of carbonyl (C=O) groups excluding carboxylic acids is 2. The van der Waals surface area contributed by atoms with Gasteiger partial charge in [0.1, 0.15) is 5.69 Å². The maximum absolute atomic E-state index is 12.3. The highest BCUT2D eigenvalue weighted by Gasteiger charge is 2.10. The Morgan fingerprint density at radius 1 is 1.08 bits per heavy atom. The van der Waals surface area contributed by atoms with Gasteiger partial charge in [0.25, 0.3) is 5.91 Å². The Morgan fingerprint density at radius 2 is 1.84 bits per heavy atom. The molecule has 1 aromatic carbocycles. The molecule has 0 fully saturated rings. The first-order valence-corrected chi connectivity index (χ1v) is 7.82. The van der Waals surface area contributed by atoms with Crippen molar-refractivity contribution in [3.8, 4) is 0 Å². The molecule has 25 heavy (non-hydrogen) atoms. The van der Waals surface area contributed by atoms with Crippen LogP contribution in [0.5, 0.6) is 0 Å². The summed E-state index contributed by atoms with van der Waals surface area (Å²) in [6.45, 7) is 1.42. The van der Waals surface area contributed by atoms with Gasteiger partial charge in [-0.05, 0) is 42.8 Å². The first-order chi connectivity index (χ1) is 12.1. The van der Waals surface area contributed by atoms with E-state index >= 15 is 0 Å². The van der Waals surface area contributed by atoms with Gasteiger partial charge in [0.15, 0.2) is 0 Å². The number of hydrogen-bond acceptors (Lipinski definition) is 6. The van der Waals surface area contributed by atoms with Gasteiger partial charge in [0, 0.05) is 37.8 Å². The number of anilines is 2. The number of methoxy groups -OCH3 is 2. The van der Waals surface area contributed by atoms with E-state index in [2.05, 4.69) is 20.4 Å². The smallest absolute Gasteiger partial charge is 0.337 e. The fraction of sp³-hybridized carbons (Fsp3) is 0.278. The molecular weight excluding hydrogens is 322 g/mol. The van der Waals surface area contributed by atoms with Crippen LogP contribution in [0.3, 0.4) is 0 Å². The van der Waals surface area contributed by atoms with Crippen LogP contribution in [0.25, 0.3) is 0 Å². The molecule has 7 nitrogen and oxygen atoms in total. The molecule has 7 heteroatoms. The molecule has 2 aromatic rings. The Morgan fingerprint density at radius 3 is 2.52 bits per heavy atom. The molecule has 0 aliphatic rings. The summed E-state index contributed by atoms with van der Waals surface area (Å²) < 4.78 is 9.63. The molecule has 2 N–H and O–H groups in total. The fourth-order valence-corrected chi connectivity index (χ4v) is 2.12. The first-order valence-electron chi connectivity index (χ1n) is 7.82. The molecule has 132 valence electrons. The van der Waals surface area contributed by atoms with E-state index in [4.69, 9.17) is 4.74 Å². The number of nitrogens with one attached hydrogen (secondary N) is 2. The van der Waals surface area contributed by atoms with E-state index in [0.717, 1.165) is 18.7 Å². The predicted octanol–water partition coefficient (Wildman–Crippen LogP) is 2.57. The van der Waals surface area contributed by atoms with Crippen LogP contribution in [0, 0.1) is 0 Å². The summed E-state index contributed by atoms with van der Waals surface area (Å²) in [5, 5.41) is 5.96. The van der Waals surface area contributed by atoms with Crippen molar-refractivity contribution in [3.05, 3.63) is 53.9 Å². The largest absolute Gasteiger partial charge is 0.465 e. The van der Waals surface area contributed by atoms with Gasteiger partial charge >= 0.3 is 5.97 Å². The summed E-state index contributed by atoms with van der Waals surface area (Å²) in [6.07, 6.45) is 2.45. The van der Waals surface area contributed by atoms with Gasteiger partial charge in [-0.2, -0.15) is 0 Å². The molecule has 1 aromatic heterocycles. The molecule has 0 aliphatic heterocycles. The van der Waals surface area contributed by atoms with E-state index in [1.807, 2.05) is 0 Å². The van der Waals surface area contributed by atoms with E-state index in [1.54, 1.807) is 49.7 Å². The summed E-state index contributed by atoms with van der Waals surface area (Å²) >= 11 is 0. The van der Waals surface area contributed by atoms with Crippen molar-refractivity contribution >= 4 is 23.3 Å². The number of benzene rings is 1. The zero-order valence-corrected chi connectivity index (χ0v) is 14.2. The summed E-state index contributed by atoms with van der Waals surface area (Å²) in [4.78, 5) is 27.8. The number of pyridine rings is 1. The lowest BCUT2D eigenvalue weighted by Gasteiger charge is -2.09. The molecule has 2 rings (SSSR count). The van der Waals surface area contributed by atoms with E-state index in [9.17, 15) is 9.59 Å². The number of amides is 1. The number of ether oxygens (including phenoxy) is 2. The van der Waals surface area contributed by atoms with Crippen LogP contribution >= 0.6 is 0 Å². The van der Waals surface area contributed by atoms with Crippen molar-refractivity contribution in [2.45, 2.75) is 6.42 Å². The number of nitrogens with zero attached hydrogens (tertiary/aromatic N) is 1. The molecule has 1 heterocycles. The second kappa shape index (κ2) is 9.39. The third kappa shape index (κ3) is 5.58. The average molecular weight is 343 g/mol. The topological polar surface area (TPSA) is 89.5 Å². The molecule has 0 aliphatic carbocycles. The van der Waals surface area contributed by atoms with Crippen LogP contribution in [-0.2, 0) is 9.47 Å². The highest BCUT2D eigenvalue weighted by molar-refractivity contribution is 6.03. The Hall–Kier alpha value is -2.93. The van der Waals surface area contributed by atoms with Gasteiger partial charge in [-0.25, -0.2) is 4.79 Å². The van der Waals surface area contributed by atoms with Crippen molar-refractivity contribution in [2.24, 2.45) is 0 Å². The van der Waals surface area contributed by atoms with Crippen molar-refractivity contribution in [1.82, 2.24) is 4.98 Å². The van der Waals surface area contributed by atoms with Crippen molar-refractivity contribution < 1.29 is 19.1 Å². The van der Waals surface area contributed by atoms with Crippen LogP contribution < -0.4 is 10.6 Å². The average Bonchev–Trinajstić information content (AvgIpc) is 2.65. The number of aromatic nitrogens is 1. The van der Waals surface area contributed by atoms with E-state index in [1.165, 1.54) is 7.11 Å². The molecule has 1 amide bonds. The normalized spacial score (nSPS) is 10.2. The lowest BCUT2D eigenvalue weighted by atomic mass is 10.2. The van der Waals surface area contributed by atoms with Crippen LogP contribution in [0.1, 0.15) is 27.3 Å². The van der Waals surface area contributed by atoms with Gasteiger partial charge in [-0.1, -0.05) is 0 Å². The summed E-state index contributed by atoms with van der Waals surface area (Å²) in [6, 6.07) is 9.93. The second-order valence-corrected chi connectivity index (χ2v) is 5.23. The standard InChI is InChI=1S/C18H21N3O4/c1-24-11-3-9-19-15-8-10-20-16(12-15)17(22)21-14-6-4-13(5-7-14)18(23)25-2/h4-8,10,12H,3,9,11H2,1-2H3,(H,19,20)(H,21,22). The van der Waals surface area contributed by atoms with Crippen LogP contribution in [0.4, 0.5) is 11.4 Å². The van der Waals surface area contributed by atoms with Crippen molar-refractivity contribution in [1.29, 1.82) is 0 Å². The van der Waals surface area contributed by atoms with E-state index < -0.39 is 5.97 Å². The van der Waals surface area contributed by atoms with Gasteiger partial charge < -0.3 is 20.1 Å². The lowest BCUT2D eigenvalue weighted by Crippen LogP contribution is -2.14. The highest BCUT2D eigenvalue weighted by atomic mass is 16.5. The number of esters is 1. The molecule has 0 bridgehead atoms. The summed E-state index contributed by atoms with van der Waals surface area (Å²) in [5.41, 5.74) is 2.10. The quantitative estimate of drug-likeness (QED) is 0.566. The molecule has 0 atom stereocenters. The highest BCUT2D eigenvalue weighted by Crippen LogP contribution is 2.13. The number of hydrogen-bond donors (Lipinski definition) is 2. The Bertz CT molecular complexity index is 717. The minimum atomic E-state index is -0.424. The Kier molecular flexibility index (Phi) is 6.91. The SMILES string of the molecule is COCCCNc1ccnc(C(=O)Nc2ccc(C(=O)OC)cc2)c1. The Labute approximate surface area is 146 Å². The monoisotopic (exact) mass is 343 g/mol. The zero-order valence-electron chi connectivity index (χ0n) is 14.2. The molecular formula is C18H21N3O4. The van der Waals surface area contributed by atoms with Crippen LogP contribution in [-0.4, -0.2) is 44.2 Å². The van der Waals surface area contributed by atoms with Gasteiger partial charge in [-0.15, -0.1) is 0 Å². The molecule has 0 radical (unpaired) electrons. The maximum Gasteiger partial charge on any atom is 0.337 e. The van der Waals surface area contributed by atoms with Crippen molar-refractivity contribution in [3.63, 3.8) is 0 Å².